The molecule has 1 aliphatic rings. The predicted octanol–water partition coefficient (Wildman–Crippen LogP) is 2.78. The van der Waals surface area contributed by atoms with Crippen molar-refractivity contribution in [2.75, 3.05) is 16.9 Å². The normalized spacial score (nSPS) is 16.1. The maximum Gasteiger partial charge on any atom is 0.265 e. The van der Waals surface area contributed by atoms with Gasteiger partial charge in [-0.2, -0.15) is 0 Å². The summed E-state index contributed by atoms with van der Waals surface area (Å²) >= 11 is 1.41. The van der Waals surface area contributed by atoms with E-state index in [9.17, 15) is 9.59 Å². The number of hydrogen-bond acceptors (Lipinski definition) is 5. The number of thioether (sulfide) groups is 1. The third-order valence-corrected chi connectivity index (χ3v) is 4.09. The van der Waals surface area contributed by atoms with Gasteiger partial charge in [-0.1, -0.05) is 0 Å². The Morgan fingerprint density at radius 1 is 1.39 bits per heavy atom. The van der Waals surface area contributed by atoms with E-state index in [-0.39, 0.29) is 11.8 Å². The molecule has 0 fully saturated rings. The van der Waals surface area contributed by atoms with Crippen molar-refractivity contribution in [2.24, 2.45) is 0 Å². The lowest BCUT2D eigenvalue weighted by atomic mass is 10.2. The third kappa shape index (κ3) is 3.14. The number of rotatable bonds is 3. The maximum absolute atomic E-state index is 12.4. The topological polar surface area (TPSA) is 80.3 Å². The number of fused-ring (bicyclic) bond motifs is 1. The van der Waals surface area contributed by atoms with Gasteiger partial charge >= 0.3 is 0 Å². The minimum absolute atomic E-state index is 0.210. The summed E-state index contributed by atoms with van der Waals surface area (Å²) in [5, 5.41) is 6.22. The Labute approximate surface area is 137 Å². The zero-order valence-electron chi connectivity index (χ0n) is 12.6. The molecule has 2 heterocycles. The van der Waals surface area contributed by atoms with Gasteiger partial charge in [0.15, 0.2) is 6.10 Å². The Morgan fingerprint density at radius 2 is 2.22 bits per heavy atom. The van der Waals surface area contributed by atoms with Crippen LogP contribution in [0.25, 0.3) is 0 Å². The standard InChI is InChI=1S/C16H15N3O3S/c1-9-14(20)19-12-8-10(5-6-13(12)22-9)18-15(21)11-4-3-7-17-16(11)23-2/h3-9H,1-2H3,(H,18,21)(H,19,20)/t9-/m0/s1. The summed E-state index contributed by atoms with van der Waals surface area (Å²) in [4.78, 5) is 28.2. The minimum atomic E-state index is -0.525. The van der Waals surface area contributed by atoms with E-state index in [0.717, 1.165) is 0 Å². The van der Waals surface area contributed by atoms with Crippen LogP contribution in [0.3, 0.4) is 0 Å². The van der Waals surface area contributed by atoms with Crippen molar-refractivity contribution >= 4 is 35.0 Å². The van der Waals surface area contributed by atoms with Crippen molar-refractivity contribution in [3.05, 3.63) is 42.1 Å². The molecule has 0 bridgehead atoms. The SMILES string of the molecule is CSc1ncccc1C(=O)Nc1ccc2c(c1)NC(=O)[C@H](C)O2. The lowest BCUT2D eigenvalue weighted by Crippen LogP contribution is -2.34. The van der Waals surface area contributed by atoms with Crippen LogP contribution in [0.1, 0.15) is 17.3 Å². The van der Waals surface area contributed by atoms with E-state index >= 15 is 0 Å². The van der Waals surface area contributed by atoms with E-state index in [0.29, 0.717) is 27.7 Å². The molecule has 2 aromatic rings. The third-order valence-electron chi connectivity index (χ3n) is 3.38. The minimum Gasteiger partial charge on any atom is -0.479 e. The van der Waals surface area contributed by atoms with Crippen molar-refractivity contribution in [3.8, 4) is 5.75 Å². The summed E-state index contributed by atoms with van der Waals surface area (Å²) in [6, 6.07) is 8.57. The summed E-state index contributed by atoms with van der Waals surface area (Å²) in [7, 11) is 0. The molecule has 0 saturated heterocycles. The number of nitrogens with one attached hydrogen (secondary N) is 2. The van der Waals surface area contributed by atoms with Gasteiger partial charge < -0.3 is 15.4 Å². The lowest BCUT2D eigenvalue weighted by Gasteiger charge is -2.23. The zero-order valence-corrected chi connectivity index (χ0v) is 13.4. The first-order chi connectivity index (χ1) is 11.1. The second kappa shape index (κ2) is 6.29. The van der Waals surface area contributed by atoms with E-state index in [2.05, 4.69) is 15.6 Å². The molecule has 23 heavy (non-hydrogen) atoms. The van der Waals surface area contributed by atoms with Crippen molar-refractivity contribution in [2.45, 2.75) is 18.1 Å². The molecule has 2 amide bonds. The van der Waals surface area contributed by atoms with Gasteiger partial charge in [0.2, 0.25) is 0 Å². The van der Waals surface area contributed by atoms with Gasteiger partial charge in [-0.25, -0.2) is 4.98 Å². The fourth-order valence-corrected chi connectivity index (χ4v) is 2.76. The fraction of sp³-hybridized carbons (Fsp3) is 0.188. The summed E-state index contributed by atoms with van der Waals surface area (Å²) in [6.07, 6.45) is 2.99. The first kappa shape index (κ1) is 15.4. The molecule has 0 saturated carbocycles. The number of nitrogens with zero attached hydrogens (tertiary/aromatic N) is 1. The van der Waals surface area contributed by atoms with Crippen LogP contribution >= 0.6 is 11.8 Å². The number of aromatic nitrogens is 1. The number of hydrogen-bond donors (Lipinski definition) is 2. The average Bonchev–Trinajstić information content (AvgIpc) is 2.56. The van der Waals surface area contributed by atoms with Crippen LogP contribution in [0.2, 0.25) is 0 Å². The van der Waals surface area contributed by atoms with Crippen LogP contribution in [0.15, 0.2) is 41.6 Å². The van der Waals surface area contributed by atoms with Gasteiger partial charge in [0.1, 0.15) is 10.8 Å². The maximum atomic E-state index is 12.4. The molecule has 1 aromatic carbocycles. The molecule has 0 unspecified atom stereocenters. The number of carbonyl (C=O) groups is 2. The molecular weight excluding hydrogens is 314 g/mol. The first-order valence-electron chi connectivity index (χ1n) is 7.00. The molecule has 0 radical (unpaired) electrons. The molecule has 3 rings (SSSR count). The van der Waals surface area contributed by atoms with Gasteiger partial charge in [0, 0.05) is 11.9 Å². The summed E-state index contributed by atoms with van der Waals surface area (Å²) in [5.74, 6) is 0.123. The van der Waals surface area contributed by atoms with Gasteiger partial charge in [-0.05, 0) is 43.5 Å². The van der Waals surface area contributed by atoms with Crippen LogP contribution in [-0.4, -0.2) is 29.2 Å². The molecule has 0 spiro atoms. The number of amides is 2. The average molecular weight is 329 g/mol. The first-order valence-corrected chi connectivity index (χ1v) is 8.23. The Kier molecular flexibility index (Phi) is 4.20. The van der Waals surface area contributed by atoms with Gasteiger partial charge in [0.25, 0.3) is 11.8 Å². The highest BCUT2D eigenvalue weighted by Gasteiger charge is 2.23. The Bertz CT molecular complexity index is 779. The van der Waals surface area contributed by atoms with Crippen molar-refractivity contribution in [1.82, 2.24) is 4.98 Å². The Hall–Kier alpha value is -2.54. The lowest BCUT2D eigenvalue weighted by molar-refractivity contribution is -0.122. The number of anilines is 2. The molecular formula is C16H15N3O3S. The smallest absolute Gasteiger partial charge is 0.265 e. The van der Waals surface area contributed by atoms with Crippen molar-refractivity contribution in [3.63, 3.8) is 0 Å². The molecule has 1 aliphatic heterocycles. The van der Waals surface area contributed by atoms with Crippen LogP contribution < -0.4 is 15.4 Å². The van der Waals surface area contributed by atoms with E-state index in [1.807, 2.05) is 6.26 Å². The Balaban J connectivity index is 1.82. The summed E-state index contributed by atoms with van der Waals surface area (Å²) in [5.41, 5.74) is 1.62. The van der Waals surface area contributed by atoms with Gasteiger partial charge in [-0.15, -0.1) is 11.8 Å². The molecule has 0 aliphatic carbocycles. The van der Waals surface area contributed by atoms with Crippen LogP contribution in [-0.2, 0) is 4.79 Å². The summed E-state index contributed by atoms with van der Waals surface area (Å²) in [6.45, 7) is 1.68. The van der Waals surface area contributed by atoms with Crippen molar-refractivity contribution in [1.29, 1.82) is 0 Å². The molecule has 6 nitrogen and oxygen atoms in total. The highest BCUT2D eigenvalue weighted by Crippen LogP contribution is 2.32. The van der Waals surface area contributed by atoms with E-state index in [1.165, 1.54) is 11.8 Å². The van der Waals surface area contributed by atoms with Crippen LogP contribution in [0.4, 0.5) is 11.4 Å². The zero-order chi connectivity index (χ0) is 16.4. The summed E-state index contributed by atoms with van der Waals surface area (Å²) < 4.78 is 5.49. The molecule has 118 valence electrons. The van der Waals surface area contributed by atoms with Crippen LogP contribution in [0.5, 0.6) is 5.75 Å². The number of ether oxygens (including phenoxy) is 1. The predicted molar refractivity (Wildman–Crippen MR) is 89.1 cm³/mol. The molecule has 1 atom stereocenters. The van der Waals surface area contributed by atoms with Crippen LogP contribution in [0, 0.1) is 0 Å². The van der Waals surface area contributed by atoms with Crippen molar-refractivity contribution < 1.29 is 14.3 Å². The van der Waals surface area contributed by atoms with Gasteiger partial charge in [0.05, 0.1) is 11.3 Å². The second-order valence-corrected chi connectivity index (χ2v) is 5.77. The molecule has 7 heteroatoms. The highest BCUT2D eigenvalue weighted by molar-refractivity contribution is 7.98. The number of benzene rings is 1. The van der Waals surface area contributed by atoms with E-state index < -0.39 is 6.10 Å². The monoisotopic (exact) mass is 329 g/mol. The number of pyridine rings is 1. The largest absolute Gasteiger partial charge is 0.479 e. The highest BCUT2D eigenvalue weighted by atomic mass is 32.2. The fourth-order valence-electron chi connectivity index (χ4n) is 2.21. The number of carbonyl (C=O) groups excluding carboxylic acids is 2. The van der Waals surface area contributed by atoms with Gasteiger partial charge in [-0.3, -0.25) is 9.59 Å². The molecule has 1 aromatic heterocycles. The quantitative estimate of drug-likeness (QED) is 0.847. The molecule has 2 N–H and O–H groups in total. The Morgan fingerprint density at radius 3 is 3.00 bits per heavy atom. The van der Waals surface area contributed by atoms with E-state index in [4.69, 9.17) is 4.74 Å². The van der Waals surface area contributed by atoms with E-state index in [1.54, 1.807) is 43.5 Å². The second-order valence-electron chi connectivity index (χ2n) is 4.97.